The van der Waals surface area contributed by atoms with Crippen LogP contribution in [-0.4, -0.2) is 55.5 Å². The van der Waals surface area contributed by atoms with Crippen molar-refractivity contribution in [3.63, 3.8) is 0 Å². The fourth-order valence-corrected chi connectivity index (χ4v) is 3.93. The number of aliphatic imine (C=N–C) groups is 1. The van der Waals surface area contributed by atoms with E-state index in [4.69, 9.17) is 4.99 Å². The Bertz CT molecular complexity index is 705. The molecule has 1 fully saturated rings. The summed E-state index contributed by atoms with van der Waals surface area (Å²) in [5, 5.41) is 9.67. The molecule has 1 unspecified atom stereocenters. The Morgan fingerprint density at radius 2 is 1.83 bits per heavy atom. The van der Waals surface area contributed by atoms with Crippen molar-refractivity contribution in [3.8, 4) is 0 Å². The molecule has 3 N–H and O–H groups in total. The monoisotopic (exact) mass is 527 g/mol. The maximum Gasteiger partial charge on any atom is 0.223 e. The zero-order valence-corrected chi connectivity index (χ0v) is 20.9. The normalized spacial score (nSPS) is 17.7. The third-order valence-electron chi connectivity index (χ3n) is 5.84. The fraction of sp³-hybridized carbons (Fsp3) is 0.652. The van der Waals surface area contributed by atoms with Gasteiger partial charge in [0.2, 0.25) is 5.91 Å². The first-order chi connectivity index (χ1) is 14.1. The van der Waals surface area contributed by atoms with E-state index in [-0.39, 0.29) is 35.8 Å². The SMILES string of the molecule is CCNC(=NCC(C(C)C)N1CCc2ccccc2C1)NCCNC(=O)C1CC1.I. The molecule has 0 radical (unpaired) electrons. The minimum atomic E-state index is 0. The molecule has 6 nitrogen and oxygen atoms in total. The summed E-state index contributed by atoms with van der Waals surface area (Å²) in [6.45, 7) is 11.7. The molecule has 0 saturated heterocycles. The van der Waals surface area contributed by atoms with Crippen LogP contribution >= 0.6 is 24.0 Å². The Morgan fingerprint density at radius 3 is 2.50 bits per heavy atom. The number of nitrogens with one attached hydrogen (secondary N) is 3. The van der Waals surface area contributed by atoms with Gasteiger partial charge < -0.3 is 16.0 Å². The van der Waals surface area contributed by atoms with Crippen molar-refractivity contribution < 1.29 is 4.79 Å². The van der Waals surface area contributed by atoms with Gasteiger partial charge in [-0.15, -0.1) is 24.0 Å². The Morgan fingerprint density at radius 1 is 1.13 bits per heavy atom. The molecule has 1 amide bonds. The summed E-state index contributed by atoms with van der Waals surface area (Å²) in [5.74, 6) is 1.82. The molecule has 168 valence electrons. The zero-order chi connectivity index (χ0) is 20.6. The molecule has 1 aliphatic carbocycles. The molecule has 0 spiro atoms. The molecule has 30 heavy (non-hydrogen) atoms. The molecule has 2 aliphatic rings. The highest BCUT2D eigenvalue weighted by Gasteiger charge is 2.29. The van der Waals surface area contributed by atoms with Gasteiger partial charge >= 0.3 is 0 Å². The fourth-order valence-electron chi connectivity index (χ4n) is 3.93. The van der Waals surface area contributed by atoms with Crippen molar-refractivity contribution in [2.45, 2.75) is 52.6 Å². The summed E-state index contributed by atoms with van der Waals surface area (Å²) in [6, 6.07) is 9.20. The van der Waals surface area contributed by atoms with Gasteiger partial charge in [-0.2, -0.15) is 0 Å². The van der Waals surface area contributed by atoms with Crippen molar-refractivity contribution in [2.24, 2.45) is 16.8 Å². The first-order valence-corrected chi connectivity index (χ1v) is 11.2. The van der Waals surface area contributed by atoms with Crippen LogP contribution in [0.4, 0.5) is 0 Å². The van der Waals surface area contributed by atoms with E-state index in [0.29, 0.717) is 25.0 Å². The highest BCUT2D eigenvalue weighted by molar-refractivity contribution is 14.0. The molecule has 0 aromatic heterocycles. The molecule has 0 bridgehead atoms. The Hall–Kier alpha value is -1.35. The predicted molar refractivity (Wildman–Crippen MR) is 134 cm³/mol. The summed E-state index contributed by atoms with van der Waals surface area (Å²) >= 11 is 0. The van der Waals surface area contributed by atoms with E-state index < -0.39 is 0 Å². The van der Waals surface area contributed by atoms with Crippen molar-refractivity contribution in [3.05, 3.63) is 35.4 Å². The second-order valence-corrected chi connectivity index (χ2v) is 8.51. The van der Waals surface area contributed by atoms with Gasteiger partial charge in [0, 0.05) is 44.7 Å². The lowest BCUT2D eigenvalue weighted by molar-refractivity contribution is -0.122. The Balaban J connectivity index is 0.00000320. The van der Waals surface area contributed by atoms with Crippen LogP contribution in [0.5, 0.6) is 0 Å². The molecule has 1 aromatic carbocycles. The number of hydrogen-bond acceptors (Lipinski definition) is 3. The van der Waals surface area contributed by atoms with Gasteiger partial charge in [0.1, 0.15) is 0 Å². The van der Waals surface area contributed by atoms with Crippen LogP contribution in [0.15, 0.2) is 29.3 Å². The minimum absolute atomic E-state index is 0. The summed E-state index contributed by atoms with van der Waals surface area (Å²) in [6.07, 6.45) is 3.20. The van der Waals surface area contributed by atoms with Crippen LogP contribution in [0.3, 0.4) is 0 Å². The molecule has 1 atom stereocenters. The number of carbonyl (C=O) groups excluding carboxylic acids is 1. The number of fused-ring (bicyclic) bond motifs is 1. The first kappa shape index (κ1) is 24.9. The van der Waals surface area contributed by atoms with Crippen LogP contribution in [0.2, 0.25) is 0 Å². The quantitative estimate of drug-likeness (QED) is 0.200. The van der Waals surface area contributed by atoms with Crippen LogP contribution in [0.1, 0.15) is 44.7 Å². The Kier molecular flexibility index (Phi) is 10.4. The lowest BCUT2D eigenvalue weighted by Gasteiger charge is -2.37. The van der Waals surface area contributed by atoms with Crippen LogP contribution in [0.25, 0.3) is 0 Å². The van der Waals surface area contributed by atoms with E-state index in [1.165, 1.54) is 11.1 Å². The topological polar surface area (TPSA) is 68.8 Å². The van der Waals surface area contributed by atoms with Gasteiger partial charge in [0.05, 0.1) is 6.54 Å². The van der Waals surface area contributed by atoms with Gasteiger partial charge in [-0.05, 0) is 43.2 Å². The number of nitrogens with zero attached hydrogens (tertiary/aromatic N) is 2. The minimum Gasteiger partial charge on any atom is -0.357 e. The summed E-state index contributed by atoms with van der Waals surface area (Å²) in [5.41, 5.74) is 2.93. The molecule has 1 saturated carbocycles. The summed E-state index contributed by atoms with van der Waals surface area (Å²) in [7, 11) is 0. The third-order valence-corrected chi connectivity index (χ3v) is 5.84. The molecular weight excluding hydrogens is 489 g/mol. The van der Waals surface area contributed by atoms with Crippen LogP contribution in [-0.2, 0) is 17.8 Å². The highest BCUT2D eigenvalue weighted by Crippen LogP contribution is 2.28. The Labute approximate surface area is 198 Å². The largest absolute Gasteiger partial charge is 0.357 e. The summed E-state index contributed by atoms with van der Waals surface area (Å²) in [4.78, 5) is 19.2. The molecule has 7 heteroatoms. The molecule has 1 heterocycles. The lowest BCUT2D eigenvalue weighted by Crippen LogP contribution is -2.46. The maximum absolute atomic E-state index is 11.7. The standard InChI is InChI=1S/C23H37N5O.HI/c1-4-24-23(26-13-12-25-22(29)19-9-10-19)27-15-21(17(2)3)28-14-11-18-7-5-6-8-20(18)16-28;/h5-8,17,19,21H,4,9-16H2,1-3H3,(H,25,29)(H2,24,26,27);1H. The van der Waals surface area contributed by atoms with Crippen LogP contribution in [0, 0.1) is 11.8 Å². The smallest absolute Gasteiger partial charge is 0.223 e. The number of carbonyl (C=O) groups is 1. The van der Waals surface area contributed by atoms with E-state index >= 15 is 0 Å². The van der Waals surface area contributed by atoms with E-state index in [9.17, 15) is 4.79 Å². The van der Waals surface area contributed by atoms with Gasteiger partial charge in [-0.3, -0.25) is 14.7 Å². The van der Waals surface area contributed by atoms with E-state index in [2.05, 4.69) is 65.9 Å². The number of halogens is 1. The average Bonchev–Trinajstić information content (AvgIpc) is 3.56. The number of amides is 1. The molecule has 1 aliphatic heterocycles. The van der Waals surface area contributed by atoms with E-state index in [1.807, 2.05) is 0 Å². The van der Waals surface area contributed by atoms with Crippen molar-refractivity contribution >= 4 is 35.8 Å². The molecule has 1 aromatic rings. The van der Waals surface area contributed by atoms with Crippen molar-refractivity contribution in [1.82, 2.24) is 20.9 Å². The molecule has 3 rings (SSSR count). The predicted octanol–water partition coefficient (Wildman–Crippen LogP) is 2.77. The van der Waals surface area contributed by atoms with E-state index in [1.54, 1.807) is 0 Å². The van der Waals surface area contributed by atoms with Crippen molar-refractivity contribution in [2.75, 3.05) is 32.7 Å². The number of guanidine groups is 1. The van der Waals surface area contributed by atoms with Gasteiger partial charge in [-0.1, -0.05) is 38.1 Å². The maximum atomic E-state index is 11.7. The first-order valence-electron chi connectivity index (χ1n) is 11.2. The summed E-state index contributed by atoms with van der Waals surface area (Å²) < 4.78 is 0. The van der Waals surface area contributed by atoms with Gasteiger partial charge in [0.25, 0.3) is 0 Å². The third kappa shape index (κ3) is 7.41. The number of benzene rings is 1. The van der Waals surface area contributed by atoms with Crippen molar-refractivity contribution in [1.29, 1.82) is 0 Å². The zero-order valence-electron chi connectivity index (χ0n) is 18.6. The number of hydrogen-bond donors (Lipinski definition) is 3. The second-order valence-electron chi connectivity index (χ2n) is 8.51. The number of rotatable bonds is 9. The highest BCUT2D eigenvalue weighted by atomic mass is 127. The van der Waals surface area contributed by atoms with Gasteiger partial charge in [0.15, 0.2) is 5.96 Å². The van der Waals surface area contributed by atoms with Gasteiger partial charge in [-0.25, -0.2) is 0 Å². The van der Waals surface area contributed by atoms with E-state index in [0.717, 1.165) is 51.4 Å². The molecular formula is C23H38IN5O. The average molecular weight is 527 g/mol. The van der Waals surface area contributed by atoms with Crippen LogP contribution < -0.4 is 16.0 Å². The second kappa shape index (κ2) is 12.5. The lowest BCUT2D eigenvalue weighted by atomic mass is 9.95.